The Labute approximate surface area is 94.7 Å². The van der Waals surface area contributed by atoms with E-state index in [-0.39, 0.29) is 17.4 Å². The highest BCUT2D eigenvalue weighted by atomic mass is 19.3. The van der Waals surface area contributed by atoms with Crippen molar-refractivity contribution in [2.45, 2.75) is 32.6 Å². The highest BCUT2D eigenvalue weighted by Gasteiger charge is 2.25. The number of hydrogen-bond donors (Lipinski definition) is 0. The van der Waals surface area contributed by atoms with Gasteiger partial charge >= 0.3 is 0 Å². The summed E-state index contributed by atoms with van der Waals surface area (Å²) in [4.78, 5) is 0. The quantitative estimate of drug-likeness (QED) is 0.758. The second-order valence-corrected chi connectivity index (χ2v) is 4.36. The molecule has 0 N–H and O–H groups in total. The van der Waals surface area contributed by atoms with Crippen LogP contribution >= 0.6 is 0 Å². The summed E-state index contributed by atoms with van der Waals surface area (Å²) in [6, 6.07) is 8.27. The molecule has 0 radical (unpaired) electrons. The third-order valence-corrected chi connectivity index (χ3v) is 2.56. The van der Waals surface area contributed by atoms with Gasteiger partial charge in [0.2, 0.25) is 0 Å². The molecule has 0 aliphatic rings. The van der Waals surface area contributed by atoms with Crippen molar-refractivity contribution in [3.05, 3.63) is 35.4 Å². The van der Waals surface area contributed by atoms with Crippen LogP contribution in [0.3, 0.4) is 0 Å². The van der Waals surface area contributed by atoms with Crippen molar-refractivity contribution < 1.29 is 8.78 Å². The first-order valence-corrected chi connectivity index (χ1v) is 5.24. The lowest BCUT2D eigenvalue weighted by molar-refractivity contribution is 0.0174. The Bertz CT molecular complexity index is 399. The maximum absolute atomic E-state index is 13.1. The van der Waals surface area contributed by atoms with Crippen molar-refractivity contribution in [1.29, 1.82) is 5.26 Å². The van der Waals surface area contributed by atoms with Crippen LogP contribution in [0.25, 0.3) is 0 Å². The lowest BCUT2D eigenvalue weighted by Crippen LogP contribution is -2.10. The van der Waals surface area contributed by atoms with Gasteiger partial charge in [0.15, 0.2) is 0 Å². The minimum Gasteiger partial charge on any atom is -0.202 e. The van der Waals surface area contributed by atoms with Crippen LogP contribution in [0, 0.1) is 17.2 Å². The van der Waals surface area contributed by atoms with Gasteiger partial charge in [0.1, 0.15) is 0 Å². The molecule has 0 bridgehead atoms. The van der Waals surface area contributed by atoms with Gasteiger partial charge < -0.3 is 0 Å². The molecule has 0 fully saturated rings. The van der Waals surface area contributed by atoms with Gasteiger partial charge in [0.25, 0.3) is 5.92 Å². The lowest BCUT2D eigenvalue weighted by atomic mass is 9.88. The standard InChI is InChI=1S/C13H15F2N/c1-9(2)12(8-16)10-5-4-6-11(7-10)13(3,14)15/h4-7,9,12H,1-3H3. The minimum absolute atomic E-state index is 0.0362. The highest BCUT2D eigenvalue weighted by molar-refractivity contribution is 5.32. The minimum atomic E-state index is -2.85. The van der Waals surface area contributed by atoms with Crippen LogP contribution in [0.4, 0.5) is 8.78 Å². The van der Waals surface area contributed by atoms with Crippen LogP contribution in [-0.4, -0.2) is 0 Å². The summed E-state index contributed by atoms with van der Waals surface area (Å²) >= 11 is 0. The van der Waals surface area contributed by atoms with Crippen molar-refractivity contribution in [2.75, 3.05) is 0 Å². The van der Waals surface area contributed by atoms with Crippen molar-refractivity contribution >= 4 is 0 Å². The zero-order valence-corrected chi connectivity index (χ0v) is 9.67. The number of nitrogens with zero attached hydrogens (tertiary/aromatic N) is 1. The fourth-order valence-corrected chi connectivity index (χ4v) is 1.61. The molecule has 3 heteroatoms. The van der Waals surface area contributed by atoms with E-state index in [4.69, 9.17) is 5.26 Å². The molecule has 0 aliphatic heterocycles. The van der Waals surface area contributed by atoms with E-state index in [1.807, 2.05) is 13.8 Å². The zero-order valence-electron chi connectivity index (χ0n) is 9.67. The average molecular weight is 223 g/mol. The van der Waals surface area contributed by atoms with Crippen molar-refractivity contribution in [2.24, 2.45) is 5.92 Å². The monoisotopic (exact) mass is 223 g/mol. The van der Waals surface area contributed by atoms with Crippen LogP contribution in [0.15, 0.2) is 24.3 Å². The largest absolute Gasteiger partial charge is 0.270 e. The number of benzene rings is 1. The van der Waals surface area contributed by atoms with E-state index < -0.39 is 5.92 Å². The van der Waals surface area contributed by atoms with Gasteiger partial charge in [-0.3, -0.25) is 0 Å². The SMILES string of the molecule is CC(C)C(C#N)c1cccc(C(C)(F)F)c1. The third kappa shape index (κ3) is 2.79. The Kier molecular flexibility index (Phi) is 3.64. The molecule has 1 unspecified atom stereocenters. The summed E-state index contributed by atoms with van der Waals surface area (Å²) in [5, 5.41) is 9.01. The first-order valence-electron chi connectivity index (χ1n) is 5.24. The first-order chi connectivity index (χ1) is 7.36. The predicted molar refractivity (Wildman–Crippen MR) is 59.2 cm³/mol. The van der Waals surface area contributed by atoms with Gasteiger partial charge in [-0.2, -0.15) is 5.26 Å². The van der Waals surface area contributed by atoms with Crippen molar-refractivity contribution in [3.8, 4) is 6.07 Å². The second-order valence-electron chi connectivity index (χ2n) is 4.36. The molecule has 0 aromatic heterocycles. The van der Waals surface area contributed by atoms with Gasteiger partial charge in [0, 0.05) is 12.5 Å². The second kappa shape index (κ2) is 4.61. The first kappa shape index (κ1) is 12.6. The van der Waals surface area contributed by atoms with Crippen LogP contribution < -0.4 is 0 Å². The van der Waals surface area contributed by atoms with Gasteiger partial charge in [-0.1, -0.05) is 32.0 Å². The maximum Gasteiger partial charge on any atom is 0.270 e. The molecule has 1 nitrogen and oxygen atoms in total. The van der Waals surface area contributed by atoms with Crippen LogP contribution in [0.1, 0.15) is 37.8 Å². The van der Waals surface area contributed by atoms with Crippen LogP contribution in [0.5, 0.6) is 0 Å². The van der Waals surface area contributed by atoms with E-state index in [1.54, 1.807) is 12.1 Å². The smallest absolute Gasteiger partial charge is 0.202 e. The summed E-state index contributed by atoms with van der Waals surface area (Å²) in [7, 11) is 0. The summed E-state index contributed by atoms with van der Waals surface area (Å²) in [5.41, 5.74) is 0.627. The molecule has 0 spiro atoms. The number of halogens is 2. The Morgan fingerprint density at radius 3 is 2.38 bits per heavy atom. The number of alkyl halides is 2. The molecular formula is C13H15F2N. The molecule has 1 rings (SSSR count). The number of rotatable bonds is 3. The highest BCUT2D eigenvalue weighted by Crippen LogP contribution is 2.31. The summed E-state index contributed by atoms with van der Waals surface area (Å²) < 4.78 is 26.2. The molecule has 0 saturated carbocycles. The van der Waals surface area contributed by atoms with Gasteiger partial charge in [0.05, 0.1) is 12.0 Å². The molecule has 1 atom stereocenters. The predicted octanol–water partition coefficient (Wildman–Crippen LogP) is 4.06. The molecule has 0 aliphatic carbocycles. The Morgan fingerprint density at radius 1 is 1.31 bits per heavy atom. The molecule has 0 amide bonds. The molecule has 0 heterocycles. The summed E-state index contributed by atoms with van der Waals surface area (Å²) in [6.45, 7) is 4.68. The van der Waals surface area contributed by atoms with Gasteiger partial charge in [-0.25, -0.2) is 8.78 Å². The van der Waals surface area contributed by atoms with E-state index in [2.05, 4.69) is 6.07 Å². The fraction of sp³-hybridized carbons (Fsp3) is 0.462. The van der Waals surface area contributed by atoms with E-state index in [0.29, 0.717) is 5.56 Å². The van der Waals surface area contributed by atoms with E-state index in [9.17, 15) is 8.78 Å². The molecule has 86 valence electrons. The van der Waals surface area contributed by atoms with E-state index in [1.165, 1.54) is 12.1 Å². The Balaban J connectivity index is 3.13. The Morgan fingerprint density at radius 2 is 1.94 bits per heavy atom. The maximum atomic E-state index is 13.1. The van der Waals surface area contributed by atoms with Gasteiger partial charge in [-0.05, 0) is 17.5 Å². The lowest BCUT2D eigenvalue weighted by Gasteiger charge is -2.16. The molecule has 1 aromatic carbocycles. The fourth-order valence-electron chi connectivity index (χ4n) is 1.61. The normalized spacial score (nSPS) is 13.6. The summed E-state index contributed by atoms with van der Waals surface area (Å²) in [6.07, 6.45) is 0. The number of nitriles is 1. The van der Waals surface area contributed by atoms with Crippen LogP contribution in [-0.2, 0) is 5.92 Å². The summed E-state index contributed by atoms with van der Waals surface area (Å²) in [5.74, 6) is -3.07. The Hall–Kier alpha value is -1.43. The van der Waals surface area contributed by atoms with E-state index in [0.717, 1.165) is 6.92 Å². The third-order valence-electron chi connectivity index (χ3n) is 2.56. The molecule has 1 aromatic rings. The molecular weight excluding hydrogens is 208 g/mol. The average Bonchev–Trinajstić information content (AvgIpc) is 2.17. The molecule has 16 heavy (non-hydrogen) atoms. The van der Waals surface area contributed by atoms with Gasteiger partial charge in [-0.15, -0.1) is 0 Å². The van der Waals surface area contributed by atoms with Crippen molar-refractivity contribution in [3.63, 3.8) is 0 Å². The zero-order chi connectivity index (χ0) is 12.3. The number of hydrogen-bond acceptors (Lipinski definition) is 1. The van der Waals surface area contributed by atoms with Crippen LogP contribution in [0.2, 0.25) is 0 Å². The van der Waals surface area contributed by atoms with E-state index >= 15 is 0 Å². The molecule has 0 saturated heterocycles. The topological polar surface area (TPSA) is 23.8 Å². The van der Waals surface area contributed by atoms with Crippen molar-refractivity contribution in [1.82, 2.24) is 0 Å².